The minimum atomic E-state index is 0. The van der Waals surface area contributed by atoms with Gasteiger partial charge in [-0.1, -0.05) is 78.1 Å². The standard InChI is InChI=1S/C21H38N.FH/c1-3-5-6-7-8-9-10-11-12-13-14-15-18-22-19-16-21(4-2)17-20-22;/h16-17,19-20H,3-15,18H2,1-2H3;1H/q+1;/p-1. The summed E-state index contributed by atoms with van der Waals surface area (Å²) in [5, 5.41) is 0. The third-order valence-corrected chi connectivity index (χ3v) is 4.64. The molecular weight excluding hydrogens is 285 g/mol. The van der Waals surface area contributed by atoms with E-state index in [1.807, 2.05) is 0 Å². The molecule has 23 heavy (non-hydrogen) atoms. The molecule has 1 heterocycles. The Morgan fingerprint density at radius 2 is 1.09 bits per heavy atom. The van der Waals surface area contributed by atoms with Crippen LogP contribution in [0.2, 0.25) is 0 Å². The summed E-state index contributed by atoms with van der Waals surface area (Å²) < 4.78 is 2.33. The average Bonchev–Trinajstić information content (AvgIpc) is 2.56. The first-order valence-electron chi connectivity index (χ1n) is 9.84. The lowest BCUT2D eigenvalue weighted by molar-refractivity contribution is -0.697. The van der Waals surface area contributed by atoms with Gasteiger partial charge < -0.3 is 4.70 Å². The van der Waals surface area contributed by atoms with Gasteiger partial charge in [-0.15, -0.1) is 0 Å². The van der Waals surface area contributed by atoms with E-state index < -0.39 is 0 Å². The van der Waals surface area contributed by atoms with E-state index in [1.165, 1.54) is 89.2 Å². The summed E-state index contributed by atoms with van der Waals surface area (Å²) in [5.74, 6) is 0. The molecule has 0 amide bonds. The van der Waals surface area contributed by atoms with Crippen LogP contribution in [0.4, 0.5) is 0 Å². The summed E-state index contributed by atoms with van der Waals surface area (Å²) in [6.07, 6.45) is 22.7. The van der Waals surface area contributed by atoms with E-state index in [4.69, 9.17) is 0 Å². The topological polar surface area (TPSA) is 3.88 Å². The van der Waals surface area contributed by atoms with Crippen LogP contribution in [0.15, 0.2) is 24.5 Å². The summed E-state index contributed by atoms with van der Waals surface area (Å²) >= 11 is 0. The number of unbranched alkanes of at least 4 members (excludes halogenated alkanes) is 11. The predicted molar refractivity (Wildman–Crippen MR) is 97.1 cm³/mol. The minimum absolute atomic E-state index is 0. The molecule has 0 aromatic carbocycles. The van der Waals surface area contributed by atoms with Crippen LogP contribution in [-0.4, -0.2) is 0 Å². The maximum absolute atomic E-state index is 2.33. The lowest BCUT2D eigenvalue weighted by Gasteiger charge is -2.02. The largest absolute Gasteiger partial charge is 1.00 e. The lowest BCUT2D eigenvalue weighted by Crippen LogP contribution is -3.00. The molecule has 0 fully saturated rings. The van der Waals surface area contributed by atoms with Gasteiger partial charge in [0.05, 0.1) is 0 Å². The second kappa shape index (κ2) is 16.0. The number of aromatic nitrogens is 1. The van der Waals surface area contributed by atoms with Crippen LogP contribution in [-0.2, 0) is 13.0 Å². The van der Waals surface area contributed by atoms with Gasteiger partial charge in [-0.3, -0.25) is 0 Å². The molecule has 1 aromatic rings. The van der Waals surface area contributed by atoms with Crippen LogP contribution in [0.5, 0.6) is 0 Å². The highest BCUT2D eigenvalue weighted by Gasteiger charge is 2.00. The number of nitrogens with zero attached hydrogens (tertiary/aromatic N) is 1. The van der Waals surface area contributed by atoms with Gasteiger partial charge in [0.2, 0.25) is 0 Å². The average molecular weight is 324 g/mol. The van der Waals surface area contributed by atoms with Crippen LogP contribution in [0.25, 0.3) is 0 Å². The first kappa shape index (κ1) is 22.1. The maximum Gasteiger partial charge on any atom is 0.169 e. The Morgan fingerprint density at radius 3 is 1.52 bits per heavy atom. The molecule has 0 N–H and O–H groups in total. The molecule has 1 nitrogen and oxygen atoms in total. The van der Waals surface area contributed by atoms with Crippen molar-refractivity contribution in [2.45, 2.75) is 104 Å². The number of rotatable bonds is 14. The third-order valence-electron chi connectivity index (χ3n) is 4.64. The van der Waals surface area contributed by atoms with Gasteiger partial charge >= 0.3 is 0 Å². The van der Waals surface area contributed by atoms with Crippen LogP contribution in [0, 0.1) is 0 Å². The molecule has 134 valence electrons. The molecule has 0 aliphatic carbocycles. The van der Waals surface area contributed by atoms with Crippen LogP contribution in [0.3, 0.4) is 0 Å². The van der Waals surface area contributed by atoms with E-state index in [0.717, 1.165) is 6.42 Å². The summed E-state index contributed by atoms with van der Waals surface area (Å²) in [6, 6.07) is 4.50. The first-order valence-corrected chi connectivity index (χ1v) is 9.84. The number of pyridine rings is 1. The van der Waals surface area contributed by atoms with Crippen LogP contribution in [0.1, 0.15) is 96.5 Å². The minimum Gasteiger partial charge on any atom is -1.00 e. The SMILES string of the molecule is CCCCCCCCCCCCCC[n+]1ccc(CC)cc1.[F-]. The van der Waals surface area contributed by atoms with E-state index in [-0.39, 0.29) is 4.70 Å². The Labute approximate surface area is 143 Å². The van der Waals surface area contributed by atoms with Crippen LogP contribution < -0.4 is 9.27 Å². The molecule has 2 heteroatoms. The van der Waals surface area contributed by atoms with Crippen molar-refractivity contribution in [2.75, 3.05) is 0 Å². The summed E-state index contributed by atoms with van der Waals surface area (Å²) in [4.78, 5) is 0. The fourth-order valence-electron chi connectivity index (χ4n) is 3.01. The number of halogens is 1. The van der Waals surface area contributed by atoms with E-state index in [9.17, 15) is 0 Å². The van der Waals surface area contributed by atoms with Gasteiger partial charge in [0.25, 0.3) is 0 Å². The third kappa shape index (κ3) is 12.2. The highest BCUT2D eigenvalue weighted by atomic mass is 19.0. The molecule has 0 saturated carbocycles. The molecule has 1 aromatic heterocycles. The molecule has 0 radical (unpaired) electrons. The summed E-state index contributed by atoms with van der Waals surface area (Å²) in [6.45, 7) is 5.69. The number of hydrogen-bond acceptors (Lipinski definition) is 0. The smallest absolute Gasteiger partial charge is 0.169 e. The molecule has 0 spiro atoms. The zero-order chi connectivity index (χ0) is 15.9. The Morgan fingerprint density at radius 1 is 0.652 bits per heavy atom. The van der Waals surface area contributed by atoms with E-state index in [1.54, 1.807) is 0 Å². The Kier molecular flexibility index (Phi) is 15.3. The molecule has 0 saturated heterocycles. The molecule has 1 rings (SSSR count). The molecule has 0 aliphatic rings. The second-order valence-electron chi connectivity index (χ2n) is 6.69. The van der Waals surface area contributed by atoms with Crippen molar-refractivity contribution >= 4 is 0 Å². The van der Waals surface area contributed by atoms with Gasteiger partial charge in [-0.05, 0) is 18.4 Å². The van der Waals surface area contributed by atoms with E-state index >= 15 is 0 Å². The first-order chi connectivity index (χ1) is 10.9. The number of aryl methyl sites for hydroxylation is 2. The highest BCUT2D eigenvalue weighted by molar-refractivity contribution is 5.06. The fourth-order valence-corrected chi connectivity index (χ4v) is 3.01. The summed E-state index contributed by atoms with van der Waals surface area (Å²) in [7, 11) is 0. The van der Waals surface area contributed by atoms with Crippen molar-refractivity contribution in [3.05, 3.63) is 30.1 Å². The predicted octanol–water partition coefficient (Wildman–Crippen LogP) is 3.24. The van der Waals surface area contributed by atoms with Crippen molar-refractivity contribution in [3.63, 3.8) is 0 Å². The molecule has 0 unspecified atom stereocenters. The van der Waals surface area contributed by atoms with Crippen LogP contribution >= 0.6 is 0 Å². The van der Waals surface area contributed by atoms with Crippen molar-refractivity contribution in [2.24, 2.45) is 0 Å². The van der Waals surface area contributed by atoms with Gasteiger partial charge in [0.15, 0.2) is 12.4 Å². The number of hydrogen-bond donors (Lipinski definition) is 0. The van der Waals surface area contributed by atoms with Gasteiger partial charge in [-0.2, -0.15) is 0 Å². The van der Waals surface area contributed by atoms with E-state index in [0.29, 0.717) is 0 Å². The van der Waals surface area contributed by atoms with Crippen molar-refractivity contribution < 1.29 is 9.27 Å². The normalized spacial score (nSPS) is 10.5. The zero-order valence-corrected chi connectivity index (χ0v) is 15.5. The van der Waals surface area contributed by atoms with Gasteiger partial charge in [0.1, 0.15) is 6.54 Å². The molecule has 0 bridgehead atoms. The fraction of sp³-hybridized carbons (Fsp3) is 0.762. The quantitative estimate of drug-likeness (QED) is 0.365. The van der Waals surface area contributed by atoms with Crippen molar-refractivity contribution in [3.8, 4) is 0 Å². The van der Waals surface area contributed by atoms with Gasteiger partial charge in [-0.25, -0.2) is 4.57 Å². The Hall–Kier alpha value is -0.920. The Bertz CT molecular complexity index is 347. The maximum atomic E-state index is 2.33. The van der Waals surface area contributed by atoms with Crippen molar-refractivity contribution in [1.29, 1.82) is 0 Å². The van der Waals surface area contributed by atoms with E-state index in [2.05, 4.69) is 42.9 Å². The summed E-state index contributed by atoms with van der Waals surface area (Å²) in [5.41, 5.74) is 1.44. The molecular formula is C21H38FN. The monoisotopic (exact) mass is 323 g/mol. The second-order valence-corrected chi connectivity index (χ2v) is 6.69. The molecule has 0 atom stereocenters. The highest BCUT2D eigenvalue weighted by Crippen LogP contribution is 2.11. The zero-order valence-electron chi connectivity index (χ0n) is 15.5. The van der Waals surface area contributed by atoms with Gasteiger partial charge in [0, 0.05) is 18.6 Å². The lowest BCUT2D eigenvalue weighted by atomic mass is 10.1. The van der Waals surface area contributed by atoms with Crippen molar-refractivity contribution in [1.82, 2.24) is 0 Å². The molecule has 0 aliphatic heterocycles. The Balaban J connectivity index is 0.00000484.